The quantitative estimate of drug-likeness (QED) is 0.852. The Hall–Kier alpha value is -1.45. The Balaban J connectivity index is 2.25. The standard InChI is InChI=1S/C13H19N3O/c1-8(2)12(17)16-13-14-9(3)10-6-4-5-7-11(10)15-13/h8H,4-7H2,1-3H3,(H,14,15,16,17). The van der Waals surface area contributed by atoms with Gasteiger partial charge in [-0.05, 0) is 38.2 Å². The third-order valence-electron chi connectivity index (χ3n) is 3.15. The summed E-state index contributed by atoms with van der Waals surface area (Å²) in [4.78, 5) is 20.4. The van der Waals surface area contributed by atoms with Gasteiger partial charge in [-0.25, -0.2) is 9.97 Å². The molecular formula is C13H19N3O. The monoisotopic (exact) mass is 233 g/mol. The second kappa shape index (κ2) is 4.82. The van der Waals surface area contributed by atoms with Gasteiger partial charge in [-0.1, -0.05) is 13.8 Å². The minimum Gasteiger partial charge on any atom is -0.294 e. The first-order valence-corrected chi connectivity index (χ1v) is 6.25. The van der Waals surface area contributed by atoms with Crippen molar-refractivity contribution >= 4 is 11.9 Å². The highest BCUT2D eigenvalue weighted by molar-refractivity contribution is 5.90. The van der Waals surface area contributed by atoms with Crippen molar-refractivity contribution in [2.24, 2.45) is 5.92 Å². The molecule has 0 fully saturated rings. The molecule has 0 spiro atoms. The third-order valence-corrected chi connectivity index (χ3v) is 3.15. The number of aromatic nitrogens is 2. The van der Waals surface area contributed by atoms with E-state index in [0.717, 1.165) is 24.2 Å². The average Bonchev–Trinajstić information content (AvgIpc) is 2.29. The molecule has 4 heteroatoms. The number of rotatable bonds is 2. The first kappa shape index (κ1) is 12.0. The maximum atomic E-state index is 11.6. The fraction of sp³-hybridized carbons (Fsp3) is 0.615. The smallest absolute Gasteiger partial charge is 0.229 e. The van der Waals surface area contributed by atoms with Gasteiger partial charge in [-0.3, -0.25) is 10.1 Å². The van der Waals surface area contributed by atoms with E-state index in [9.17, 15) is 4.79 Å². The normalized spacial score (nSPS) is 14.6. The molecule has 0 unspecified atom stereocenters. The summed E-state index contributed by atoms with van der Waals surface area (Å²) in [6, 6.07) is 0. The largest absolute Gasteiger partial charge is 0.294 e. The van der Waals surface area contributed by atoms with E-state index in [1.54, 1.807) is 0 Å². The number of nitrogens with zero attached hydrogens (tertiary/aromatic N) is 2. The average molecular weight is 233 g/mol. The molecule has 17 heavy (non-hydrogen) atoms. The Labute approximate surface area is 102 Å². The highest BCUT2D eigenvalue weighted by Crippen LogP contribution is 2.22. The number of carbonyl (C=O) groups is 1. The van der Waals surface area contributed by atoms with Crippen LogP contribution >= 0.6 is 0 Å². The van der Waals surface area contributed by atoms with Crippen molar-refractivity contribution in [3.05, 3.63) is 17.0 Å². The Morgan fingerprint density at radius 3 is 2.65 bits per heavy atom. The van der Waals surface area contributed by atoms with Gasteiger partial charge in [0.05, 0.1) is 0 Å². The fourth-order valence-corrected chi connectivity index (χ4v) is 2.09. The second-order valence-corrected chi connectivity index (χ2v) is 4.91. The van der Waals surface area contributed by atoms with E-state index >= 15 is 0 Å². The van der Waals surface area contributed by atoms with Crippen molar-refractivity contribution in [2.45, 2.75) is 46.5 Å². The summed E-state index contributed by atoms with van der Waals surface area (Å²) in [6.45, 7) is 5.72. The van der Waals surface area contributed by atoms with Crippen LogP contribution < -0.4 is 5.32 Å². The van der Waals surface area contributed by atoms with Crippen LogP contribution in [-0.4, -0.2) is 15.9 Å². The van der Waals surface area contributed by atoms with Gasteiger partial charge in [0, 0.05) is 17.3 Å². The van der Waals surface area contributed by atoms with Gasteiger partial charge in [0.2, 0.25) is 11.9 Å². The second-order valence-electron chi connectivity index (χ2n) is 4.91. The first-order valence-electron chi connectivity index (χ1n) is 6.25. The SMILES string of the molecule is Cc1nc(NC(=O)C(C)C)nc2c1CCCC2. The fourth-order valence-electron chi connectivity index (χ4n) is 2.09. The van der Waals surface area contributed by atoms with Crippen molar-refractivity contribution in [1.29, 1.82) is 0 Å². The van der Waals surface area contributed by atoms with Crippen LogP contribution in [0, 0.1) is 12.8 Å². The van der Waals surface area contributed by atoms with Crippen molar-refractivity contribution < 1.29 is 4.79 Å². The van der Waals surface area contributed by atoms with Crippen LogP contribution in [0.1, 0.15) is 43.6 Å². The molecule has 0 atom stereocenters. The van der Waals surface area contributed by atoms with Crippen LogP contribution in [-0.2, 0) is 17.6 Å². The van der Waals surface area contributed by atoms with E-state index in [2.05, 4.69) is 15.3 Å². The van der Waals surface area contributed by atoms with Crippen molar-refractivity contribution in [2.75, 3.05) is 5.32 Å². The third kappa shape index (κ3) is 2.62. The van der Waals surface area contributed by atoms with Crippen LogP contribution in [0.2, 0.25) is 0 Å². The van der Waals surface area contributed by atoms with E-state index in [-0.39, 0.29) is 11.8 Å². The number of hydrogen-bond donors (Lipinski definition) is 1. The molecule has 1 heterocycles. The van der Waals surface area contributed by atoms with Crippen molar-refractivity contribution in [3.63, 3.8) is 0 Å². The maximum Gasteiger partial charge on any atom is 0.229 e. The van der Waals surface area contributed by atoms with E-state index in [0.29, 0.717) is 5.95 Å². The summed E-state index contributed by atoms with van der Waals surface area (Å²) in [6.07, 6.45) is 4.47. The Morgan fingerprint density at radius 2 is 1.94 bits per heavy atom. The summed E-state index contributed by atoms with van der Waals surface area (Å²) < 4.78 is 0. The van der Waals surface area contributed by atoms with E-state index < -0.39 is 0 Å². The molecule has 92 valence electrons. The molecule has 1 aromatic heterocycles. The molecule has 0 radical (unpaired) electrons. The van der Waals surface area contributed by atoms with E-state index in [1.807, 2.05) is 20.8 Å². The predicted octanol–water partition coefficient (Wildman–Crippen LogP) is 2.26. The molecule has 1 aromatic rings. The van der Waals surface area contributed by atoms with Gasteiger partial charge in [0.1, 0.15) is 0 Å². The number of aryl methyl sites for hydroxylation is 2. The highest BCUT2D eigenvalue weighted by Gasteiger charge is 2.17. The number of hydrogen-bond acceptors (Lipinski definition) is 3. The lowest BCUT2D eigenvalue weighted by molar-refractivity contribution is -0.118. The minimum atomic E-state index is -0.0464. The number of nitrogens with one attached hydrogen (secondary N) is 1. The van der Waals surface area contributed by atoms with E-state index in [1.165, 1.54) is 18.4 Å². The predicted molar refractivity (Wildman–Crippen MR) is 66.9 cm³/mol. The molecule has 0 aliphatic heterocycles. The topological polar surface area (TPSA) is 54.9 Å². The van der Waals surface area contributed by atoms with Crippen LogP contribution in [0.3, 0.4) is 0 Å². The van der Waals surface area contributed by atoms with Crippen LogP contribution in [0.5, 0.6) is 0 Å². The molecule has 1 N–H and O–H groups in total. The van der Waals surface area contributed by atoms with Gasteiger partial charge < -0.3 is 0 Å². The molecule has 0 aromatic carbocycles. The molecular weight excluding hydrogens is 214 g/mol. The maximum absolute atomic E-state index is 11.6. The number of fused-ring (bicyclic) bond motifs is 1. The summed E-state index contributed by atoms with van der Waals surface area (Å²) in [5, 5.41) is 2.77. The zero-order chi connectivity index (χ0) is 12.4. The van der Waals surface area contributed by atoms with Crippen LogP contribution in [0.4, 0.5) is 5.95 Å². The van der Waals surface area contributed by atoms with Gasteiger partial charge in [0.15, 0.2) is 0 Å². The van der Waals surface area contributed by atoms with Gasteiger partial charge >= 0.3 is 0 Å². The van der Waals surface area contributed by atoms with Crippen LogP contribution in [0.15, 0.2) is 0 Å². The lowest BCUT2D eigenvalue weighted by Gasteiger charge is -2.17. The first-order chi connectivity index (χ1) is 8.08. The number of carbonyl (C=O) groups excluding carboxylic acids is 1. The zero-order valence-corrected chi connectivity index (χ0v) is 10.7. The minimum absolute atomic E-state index is 0.0276. The lowest BCUT2D eigenvalue weighted by Crippen LogP contribution is -2.21. The number of amides is 1. The summed E-state index contributed by atoms with van der Waals surface area (Å²) in [5.74, 6) is 0.386. The summed E-state index contributed by atoms with van der Waals surface area (Å²) in [7, 11) is 0. The molecule has 2 rings (SSSR count). The highest BCUT2D eigenvalue weighted by atomic mass is 16.1. The molecule has 0 saturated heterocycles. The molecule has 0 bridgehead atoms. The van der Waals surface area contributed by atoms with E-state index in [4.69, 9.17) is 0 Å². The zero-order valence-electron chi connectivity index (χ0n) is 10.7. The molecule has 1 amide bonds. The van der Waals surface area contributed by atoms with Gasteiger partial charge in [-0.2, -0.15) is 0 Å². The lowest BCUT2D eigenvalue weighted by atomic mass is 9.95. The van der Waals surface area contributed by atoms with Crippen LogP contribution in [0.25, 0.3) is 0 Å². The summed E-state index contributed by atoms with van der Waals surface area (Å²) >= 11 is 0. The van der Waals surface area contributed by atoms with Crippen molar-refractivity contribution in [3.8, 4) is 0 Å². The Kier molecular flexibility index (Phi) is 3.41. The van der Waals surface area contributed by atoms with Crippen molar-refractivity contribution in [1.82, 2.24) is 9.97 Å². The molecule has 4 nitrogen and oxygen atoms in total. The number of anilines is 1. The molecule has 1 aliphatic rings. The Bertz CT molecular complexity index is 441. The van der Waals surface area contributed by atoms with Gasteiger partial charge in [0.25, 0.3) is 0 Å². The Morgan fingerprint density at radius 1 is 1.24 bits per heavy atom. The molecule has 0 saturated carbocycles. The summed E-state index contributed by atoms with van der Waals surface area (Å²) in [5.41, 5.74) is 3.40. The van der Waals surface area contributed by atoms with Gasteiger partial charge in [-0.15, -0.1) is 0 Å². The molecule has 1 aliphatic carbocycles.